The molecule has 4 nitrogen and oxygen atoms in total. The van der Waals surface area contributed by atoms with E-state index in [1.54, 1.807) is 21.5 Å². The predicted octanol–water partition coefficient (Wildman–Crippen LogP) is -0.108. The van der Waals surface area contributed by atoms with Gasteiger partial charge in [0.25, 0.3) is 0 Å². The zero-order valence-electron chi connectivity index (χ0n) is 8.36. The molecule has 0 saturated heterocycles. The quantitative estimate of drug-likeness (QED) is 0.523. The van der Waals surface area contributed by atoms with Crippen LogP contribution in [0.4, 0.5) is 0 Å². The molecule has 0 amide bonds. The second-order valence-electron chi connectivity index (χ2n) is 2.94. The SMILES string of the molecule is C#CCNCCn1ccn(CC)c1=O. The van der Waals surface area contributed by atoms with E-state index in [4.69, 9.17) is 6.42 Å². The van der Waals surface area contributed by atoms with Crippen molar-refractivity contribution in [1.29, 1.82) is 0 Å². The highest BCUT2D eigenvalue weighted by molar-refractivity contribution is 4.86. The molecule has 0 atom stereocenters. The number of nitrogens with one attached hydrogen (secondary N) is 1. The first kappa shape index (κ1) is 10.6. The van der Waals surface area contributed by atoms with Crippen molar-refractivity contribution in [3.63, 3.8) is 0 Å². The first-order chi connectivity index (χ1) is 6.79. The zero-order valence-corrected chi connectivity index (χ0v) is 8.36. The van der Waals surface area contributed by atoms with Crippen molar-refractivity contribution in [2.45, 2.75) is 20.0 Å². The smallest absolute Gasteiger partial charge is 0.304 e. The van der Waals surface area contributed by atoms with Gasteiger partial charge in [0, 0.05) is 32.0 Å². The maximum Gasteiger partial charge on any atom is 0.328 e. The lowest BCUT2D eigenvalue weighted by Gasteiger charge is -2.01. The van der Waals surface area contributed by atoms with Crippen molar-refractivity contribution in [3.05, 3.63) is 22.9 Å². The summed E-state index contributed by atoms with van der Waals surface area (Å²) in [5, 5.41) is 3.03. The van der Waals surface area contributed by atoms with Crippen molar-refractivity contribution in [1.82, 2.24) is 14.5 Å². The number of rotatable bonds is 5. The van der Waals surface area contributed by atoms with Crippen LogP contribution in [-0.2, 0) is 13.1 Å². The molecule has 0 unspecified atom stereocenters. The third-order valence-corrected chi connectivity index (χ3v) is 2.02. The van der Waals surface area contributed by atoms with Gasteiger partial charge in [0.05, 0.1) is 6.54 Å². The maximum atomic E-state index is 11.5. The second kappa shape index (κ2) is 5.30. The average molecular weight is 193 g/mol. The van der Waals surface area contributed by atoms with Gasteiger partial charge in [-0.15, -0.1) is 6.42 Å². The Bertz CT molecular complexity index is 369. The first-order valence-electron chi connectivity index (χ1n) is 4.69. The van der Waals surface area contributed by atoms with E-state index in [2.05, 4.69) is 11.2 Å². The van der Waals surface area contributed by atoms with Gasteiger partial charge in [-0.25, -0.2) is 4.79 Å². The van der Waals surface area contributed by atoms with Gasteiger partial charge >= 0.3 is 5.69 Å². The van der Waals surface area contributed by atoms with Gasteiger partial charge in [0.1, 0.15) is 0 Å². The van der Waals surface area contributed by atoms with Crippen molar-refractivity contribution in [2.24, 2.45) is 0 Å². The third-order valence-electron chi connectivity index (χ3n) is 2.02. The number of aromatic nitrogens is 2. The molecule has 0 saturated carbocycles. The highest BCUT2D eigenvalue weighted by atomic mass is 16.1. The largest absolute Gasteiger partial charge is 0.328 e. The predicted molar refractivity (Wildman–Crippen MR) is 56.1 cm³/mol. The Morgan fingerprint density at radius 3 is 2.79 bits per heavy atom. The van der Waals surface area contributed by atoms with E-state index in [1.165, 1.54) is 0 Å². The van der Waals surface area contributed by atoms with Crippen molar-refractivity contribution >= 4 is 0 Å². The summed E-state index contributed by atoms with van der Waals surface area (Å²) in [6.07, 6.45) is 8.67. The van der Waals surface area contributed by atoms with Gasteiger partial charge < -0.3 is 5.32 Å². The number of terminal acetylenes is 1. The molecule has 0 aromatic carbocycles. The van der Waals surface area contributed by atoms with Crippen molar-refractivity contribution in [2.75, 3.05) is 13.1 Å². The highest BCUT2D eigenvalue weighted by Gasteiger charge is 1.99. The molecule has 76 valence electrons. The van der Waals surface area contributed by atoms with E-state index < -0.39 is 0 Å². The standard InChI is InChI=1S/C10H15N3O/c1-3-5-11-6-7-13-9-8-12(4-2)10(13)14/h1,8-9,11H,4-7H2,2H3. The summed E-state index contributed by atoms with van der Waals surface area (Å²) in [5.74, 6) is 2.48. The van der Waals surface area contributed by atoms with Gasteiger partial charge in [-0.05, 0) is 6.92 Å². The third kappa shape index (κ3) is 2.51. The Morgan fingerprint density at radius 2 is 2.21 bits per heavy atom. The topological polar surface area (TPSA) is 39.0 Å². The molecule has 0 radical (unpaired) electrons. The first-order valence-corrected chi connectivity index (χ1v) is 4.69. The lowest BCUT2D eigenvalue weighted by molar-refractivity contribution is 0.591. The van der Waals surface area contributed by atoms with Crippen LogP contribution in [0.1, 0.15) is 6.92 Å². The fourth-order valence-electron chi connectivity index (χ4n) is 1.22. The molecule has 1 rings (SSSR count). The van der Waals surface area contributed by atoms with E-state index >= 15 is 0 Å². The summed E-state index contributed by atoms with van der Waals surface area (Å²) in [4.78, 5) is 11.5. The van der Waals surface area contributed by atoms with Gasteiger partial charge in [0.2, 0.25) is 0 Å². The Morgan fingerprint density at radius 1 is 1.50 bits per heavy atom. The number of hydrogen-bond acceptors (Lipinski definition) is 2. The van der Waals surface area contributed by atoms with Crippen LogP contribution in [0.2, 0.25) is 0 Å². The summed E-state index contributed by atoms with van der Waals surface area (Å²) in [7, 11) is 0. The van der Waals surface area contributed by atoms with Crippen molar-refractivity contribution < 1.29 is 0 Å². The monoisotopic (exact) mass is 193 g/mol. The molecule has 4 heteroatoms. The maximum absolute atomic E-state index is 11.5. The Balaban J connectivity index is 2.48. The van der Waals surface area contributed by atoms with Crippen LogP contribution in [0, 0.1) is 12.3 Å². The van der Waals surface area contributed by atoms with E-state index in [0.717, 1.165) is 6.54 Å². The zero-order chi connectivity index (χ0) is 10.4. The van der Waals surface area contributed by atoms with Crippen LogP contribution < -0.4 is 11.0 Å². The fraction of sp³-hybridized carbons (Fsp3) is 0.500. The lowest BCUT2D eigenvalue weighted by Crippen LogP contribution is -2.28. The molecule has 14 heavy (non-hydrogen) atoms. The van der Waals surface area contributed by atoms with E-state index in [9.17, 15) is 4.79 Å². The van der Waals surface area contributed by atoms with Gasteiger partial charge in [0.15, 0.2) is 0 Å². The molecule has 0 aliphatic rings. The summed E-state index contributed by atoms with van der Waals surface area (Å²) in [6, 6.07) is 0. The number of imidazole rings is 1. The van der Waals surface area contributed by atoms with Crippen LogP contribution in [0.25, 0.3) is 0 Å². The van der Waals surface area contributed by atoms with E-state index in [-0.39, 0.29) is 5.69 Å². The molecule has 1 heterocycles. The minimum atomic E-state index is 0.0370. The van der Waals surface area contributed by atoms with Crippen molar-refractivity contribution in [3.8, 4) is 12.3 Å². The van der Waals surface area contributed by atoms with E-state index in [0.29, 0.717) is 19.6 Å². The van der Waals surface area contributed by atoms with Gasteiger partial charge in [-0.2, -0.15) is 0 Å². The second-order valence-corrected chi connectivity index (χ2v) is 2.94. The Labute approximate surface area is 83.5 Å². The molecule has 1 aromatic heterocycles. The van der Waals surface area contributed by atoms with Crippen LogP contribution in [0.15, 0.2) is 17.2 Å². The molecule has 0 aliphatic carbocycles. The lowest BCUT2D eigenvalue weighted by atomic mass is 10.5. The highest BCUT2D eigenvalue weighted by Crippen LogP contribution is 1.84. The minimum absolute atomic E-state index is 0.0370. The minimum Gasteiger partial charge on any atom is -0.304 e. The number of nitrogens with zero attached hydrogens (tertiary/aromatic N) is 2. The fourth-order valence-corrected chi connectivity index (χ4v) is 1.22. The van der Waals surface area contributed by atoms with Crippen LogP contribution in [-0.4, -0.2) is 22.2 Å². The summed E-state index contributed by atoms with van der Waals surface area (Å²) in [6.45, 7) is 4.58. The van der Waals surface area contributed by atoms with E-state index in [1.807, 2.05) is 6.92 Å². The van der Waals surface area contributed by atoms with Crippen LogP contribution >= 0.6 is 0 Å². The van der Waals surface area contributed by atoms with Gasteiger partial charge in [-0.3, -0.25) is 9.13 Å². The molecule has 0 spiro atoms. The average Bonchev–Trinajstić information content (AvgIpc) is 2.55. The summed E-state index contributed by atoms with van der Waals surface area (Å²) in [5.41, 5.74) is 0.0370. The Hall–Kier alpha value is -1.47. The molecule has 1 aromatic rings. The number of aryl methyl sites for hydroxylation is 1. The molecule has 1 N–H and O–H groups in total. The number of hydrogen-bond donors (Lipinski definition) is 1. The van der Waals surface area contributed by atoms with Crippen LogP contribution in [0.3, 0.4) is 0 Å². The van der Waals surface area contributed by atoms with Gasteiger partial charge in [-0.1, -0.05) is 5.92 Å². The molecule has 0 bridgehead atoms. The molecular weight excluding hydrogens is 178 g/mol. The normalized spacial score (nSPS) is 10.0. The van der Waals surface area contributed by atoms with Crippen LogP contribution in [0.5, 0.6) is 0 Å². The summed E-state index contributed by atoms with van der Waals surface area (Å²) < 4.78 is 3.34. The molecule has 0 aliphatic heterocycles. The Kier molecular flexibility index (Phi) is 4.02. The summed E-state index contributed by atoms with van der Waals surface area (Å²) >= 11 is 0. The molecular formula is C10H15N3O. The molecule has 0 fully saturated rings.